The third kappa shape index (κ3) is 2.20. The van der Waals surface area contributed by atoms with Crippen molar-refractivity contribution in [2.24, 2.45) is 0 Å². The number of ether oxygens (including phenoxy) is 1. The van der Waals surface area contributed by atoms with E-state index in [1.807, 2.05) is 30.3 Å². The quantitative estimate of drug-likeness (QED) is 0.758. The molecule has 0 unspecified atom stereocenters. The fourth-order valence-corrected chi connectivity index (χ4v) is 1.07. The predicted molar refractivity (Wildman–Crippen MR) is 53.6 cm³/mol. The molecule has 0 atom stereocenters. The zero-order chi connectivity index (χ0) is 9.80. The van der Waals surface area contributed by atoms with Gasteiger partial charge in [0.1, 0.15) is 5.75 Å². The lowest BCUT2D eigenvalue weighted by Crippen LogP contribution is -1.89. The Morgan fingerprint density at radius 3 is 2.36 bits per heavy atom. The van der Waals surface area contributed by atoms with E-state index in [9.17, 15) is 0 Å². The Morgan fingerprint density at radius 2 is 1.71 bits per heavy atom. The molecule has 0 saturated carbocycles. The molecular formula is C10H7ClN2O. The summed E-state index contributed by atoms with van der Waals surface area (Å²) in [5.41, 5.74) is 0. The molecule has 14 heavy (non-hydrogen) atoms. The van der Waals surface area contributed by atoms with Crippen LogP contribution in [0.25, 0.3) is 0 Å². The van der Waals surface area contributed by atoms with Crippen LogP contribution < -0.4 is 4.74 Å². The zero-order valence-electron chi connectivity index (χ0n) is 7.22. The monoisotopic (exact) mass is 206 g/mol. The molecule has 3 nitrogen and oxygen atoms in total. The Bertz CT molecular complexity index is 402. The summed E-state index contributed by atoms with van der Waals surface area (Å²) in [6.45, 7) is 0. The van der Waals surface area contributed by atoms with Crippen LogP contribution in [0, 0.1) is 0 Å². The summed E-state index contributed by atoms with van der Waals surface area (Å²) in [5, 5.41) is 7.79. The maximum atomic E-state index is 5.59. The average Bonchev–Trinajstić information content (AvgIpc) is 2.23. The SMILES string of the molecule is Clc1ccc(Oc2ccccc2)nn1. The van der Waals surface area contributed by atoms with Gasteiger partial charge in [-0.1, -0.05) is 29.8 Å². The minimum absolute atomic E-state index is 0.352. The van der Waals surface area contributed by atoms with Crippen LogP contribution in [-0.4, -0.2) is 10.2 Å². The number of hydrogen-bond donors (Lipinski definition) is 0. The van der Waals surface area contributed by atoms with Gasteiger partial charge >= 0.3 is 0 Å². The zero-order valence-corrected chi connectivity index (χ0v) is 7.98. The van der Waals surface area contributed by atoms with E-state index in [0.717, 1.165) is 5.75 Å². The van der Waals surface area contributed by atoms with Crippen LogP contribution in [0.4, 0.5) is 0 Å². The summed E-state index contributed by atoms with van der Waals surface area (Å²) in [6.07, 6.45) is 0. The minimum atomic E-state index is 0.352. The number of benzene rings is 1. The molecule has 1 heterocycles. The fourth-order valence-electron chi connectivity index (χ4n) is 0.967. The predicted octanol–water partition coefficient (Wildman–Crippen LogP) is 2.92. The highest BCUT2D eigenvalue weighted by Crippen LogP contribution is 2.18. The van der Waals surface area contributed by atoms with Gasteiger partial charge in [-0.25, -0.2) is 0 Å². The van der Waals surface area contributed by atoms with Crippen molar-refractivity contribution >= 4 is 11.6 Å². The first-order valence-electron chi connectivity index (χ1n) is 4.07. The molecule has 1 aromatic carbocycles. The molecule has 0 spiro atoms. The van der Waals surface area contributed by atoms with Gasteiger partial charge in [0.05, 0.1) is 0 Å². The van der Waals surface area contributed by atoms with Gasteiger partial charge < -0.3 is 4.74 Å². The summed E-state index contributed by atoms with van der Waals surface area (Å²) in [5.74, 6) is 1.16. The van der Waals surface area contributed by atoms with Gasteiger partial charge in [-0.2, -0.15) is 0 Å². The second kappa shape index (κ2) is 4.07. The van der Waals surface area contributed by atoms with Crippen molar-refractivity contribution in [1.82, 2.24) is 10.2 Å². The molecule has 2 rings (SSSR count). The Balaban J connectivity index is 2.16. The van der Waals surface area contributed by atoms with Crippen LogP contribution in [0.5, 0.6) is 11.6 Å². The van der Waals surface area contributed by atoms with Crippen molar-refractivity contribution < 1.29 is 4.74 Å². The van der Waals surface area contributed by atoms with E-state index in [-0.39, 0.29) is 0 Å². The molecule has 0 aliphatic heterocycles. The van der Waals surface area contributed by atoms with Gasteiger partial charge in [-0.3, -0.25) is 0 Å². The van der Waals surface area contributed by atoms with E-state index in [4.69, 9.17) is 16.3 Å². The van der Waals surface area contributed by atoms with Crippen molar-refractivity contribution in [1.29, 1.82) is 0 Å². The van der Waals surface area contributed by atoms with Crippen LogP contribution in [0.1, 0.15) is 0 Å². The first kappa shape index (κ1) is 8.97. The van der Waals surface area contributed by atoms with Crippen molar-refractivity contribution in [3.8, 4) is 11.6 Å². The van der Waals surface area contributed by atoms with E-state index >= 15 is 0 Å². The average molecular weight is 207 g/mol. The van der Waals surface area contributed by atoms with Gasteiger partial charge in [0.2, 0.25) is 5.88 Å². The normalized spacial score (nSPS) is 9.79. The first-order chi connectivity index (χ1) is 6.84. The lowest BCUT2D eigenvalue weighted by atomic mass is 10.3. The molecule has 0 N–H and O–H groups in total. The molecule has 0 aliphatic carbocycles. The lowest BCUT2D eigenvalue weighted by Gasteiger charge is -2.02. The van der Waals surface area contributed by atoms with Crippen molar-refractivity contribution in [3.05, 3.63) is 47.6 Å². The number of halogens is 1. The third-order valence-electron chi connectivity index (χ3n) is 1.57. The Labute approximate surface area is 86.3 Å². The maximum Gasteiger partial charge on any atom is 0.238 e. The molecule has 0 amide bonds. The van der Waals surface area contributed by atoms with Crippen LogP contribution in [-0.2, 0) is 0 Å². The number of rotatable bonds is 2. The summed E-state index contributed by atoms with van der Waals surface area (Å²) >= 11 is 5.59. The van der Waals surface area contributed by atoms with Gasteiger partial charge in [0, 0.05) is 6.07 Å². The lowest BCUT2D eigenvalue weighted by molar-refractivity contribution is 0.455. The molecule has 0 bridgehead atoms. The summed E-state index contributed by atoms with van der Waals surface area (Å²) < 4.78 is 5.40. The highest BCUT2D eigenvalue weighted by Gasteiger charge is 1.97. The summed E-state index contributed by atoms with van der Waals surface area (Å²) in [6, 6.07) is 12.7. The molecular weight excluding hydrogens is 200 g/mol. The molecule has 4 heteroatoms. The van der Waals surface area contributed by atoms with E-state index in [2.05, 4.69) is 10.2 Å². The molecule has 2 aromatic rings. The molecule has 0 saturated heterocycles. The highest BCUT2D eigenvalue weighted by atomic mass is 35.5. The number of aromatic nitrogens is 2. The fraction of sp³-hybridized carbons (Fsp3) is 0. The van der Waals surface area contributed by atoms with Gasteiger partial charge in [-0.15, -0.1) is 10.2 Å². The highest BCUT2D eigenvalue weighted by molar-refractivity contribution is 6.29. The molecule has 0 fully saturated rings. The summed E-state index contributed by atoms with van der Waals surface area (Å²) in [4.78, 5) is 0. The Hall–Kier alpha value is -1.61. The topological polar surface area (TPSA) is 35.0 Å². The smallest absolute Gasteiger partial charge is 0.238 e. The maximum absolute atomic E-state index is 5.59. The second-order valence-corrected chi connectivity index (χ2v) is 3.00. The minimum Gasteiger partial charge on any atom is -0.438 e. The number of nitrogens with zero attached hydrogens (tertiary/aromatic N) is 2. The third-order valence-corrected chi connectivity index (χ3v) is 1.77. The van der Waals surface area contributed by atoms with Gasteiger partial charge in [0.15, 0.2) is 5.15 Å². The number of para-hydroxylation sites is 1. The van der Waals surface area contributed by atoms with Crippen molar-refractivity contribution in [2.75, 3.05) is 0 Å². The molecule has 1 aromatic heterocycles. The van der Waals surface area contributed by atoms with Crippen LogP contribution in [0.15, 0.2) is 42.5 Å². The van der Waals surface area contributed by atoms with Gasteiger partial charge in [-0.05, 0) is 18.2 Å². The number of hydrogen-bond acceptors (Lipinski definition) is 3. The van der Waals surface area contributed by atoms with Gasteiger partial charge in [0.25, 0.3) is 0 Å². The van der Waals surface area contributed by atoms with E-state index in [1.54, 1.807) is 12.1 Å². The van der Waals surface area contributed by atoms with Crippen LogP contribution >= 0.6 is 11.6 Å². The van der Waals surface area contributed by atoms with Crippen molar-refractivity contribution in [3.63, 3.8) is 0 Å². The first-order valence-corrected chi connectivity index (χ1v) is 4.44. The van der Waals surface area contributed by atoms with Crippen LogP contribution in [0.2, 0.25) is 5.15 Å². The largest absolute Gasteiger partial charge is 0.438 e. The van der Waals surface area contributed by atoms with E-state index in [1.165, 1.54) is 0 Å². The van der Waals surface area contributed by atoms with E-state index < -0.39 is 0 Å². The second-order valence-electron chi connectivity index (χ2n) is 2.61. The van der Waals surface area contributed by atoms with Crippen LogP contribution in [0.3, 0.4) is 0 Å². The summed E-state index contributed by atoms with van der Waals surface area (Å²) in [7, 11) is 0. The Kier molecular flexibility index (Phi) is 2.60. The molecule has 70 valence electrons. The van der Waals surface area contributed by atoms with E-state index in [0.29, 0.717) is 11.0 Å². The standard InChI is InChI=1S/C10H7ClN2O/c11-9-6-7-10(13-12-9)14-8-4-2-1-3-5-8/h1-7H. The Morgan fingerprint density at radius 1 is 0.929 bits per heavy atom. The molecule has 0 radical (unpaired) electrons. The van der Waals surface area contributed by atoms with Crippen molar-refractivity contribution in [2.45, 2.75) is 0 Å². The molecule has 0 aliphatic rings.